The summed E-state index contributed by atoms with van der Waals surface area (Å²) in [6, 6.07) is 1.93. The number of hydrogen-bond donors (Lipinski definition) is 1. The molecule has 2 aromatic rings. The molecule has 0 aliphatic heterocycles. The van der Waals surface area contributed by atoms with Crippen LogP contribution in [-0.4, -0.2) is 13.0 Å². The molecule has 5 heteroatoms. The van der Waals surface area contributed by atoms with Crippen molar-refractivity contribution in [3.05, 3.63) is 24.2 Å². The van der Waals surface area contributed by atoms with Crippen molar-refractivity contribution >= 4 is 33.8 Å². The summed E-state index contributed by atoms with van der Waals surface area (Å²) >= 11 is 2.13. The normalized spacial score (nSPS) is 13.5. The number of nitrogens with zero attached hydrogens (tertiary/aromatic N) is 3. The van der Waals surface area contributed by atoms with Crippen LogP contribution in [0.5, 0.6) is 0 Å². The first-order chi connectivity index (χ1) is 6.20. The molecule has 1 unspecified atom stereocenters. The van der Waals surface area contributed by atoms with Gasteiger partial charge in [0.15, 0.2) is 0 Å². The molecule has 0 saturated heterocycles. The fraction of sp³-hybridized carbons (Fsp3) is 0.250. The van der Waals surface area contributed by atoms with E-state index < -0.39 is 0 Å². The Morgan fingerprint density at radius 3 is 3.08 bits per heavy atom. The smallest absolute Gasteiger partial charge is 0.112 e. The molecule has 0 radical (unpaired) electrons. The molecule has 2 rings (SSSR count). The highest BCUT2D eigenvalue weighted by Gasteiger charge is 2.12. The number of pyridine rings is 1. The van der Waals surface area contributed by atoms with Crippen LogP contribution in [0.15, 0.2) is 18.5 Å². The van der Waals surface area contributed by atoms with Crippen molar-refractivity contribution in [2.75, 3.05) is 0 Å². The van der Waals surface area contributed by atoms with Crippen molar-refractivity contribution in [3.8, 4) is 0 Å². The average Bonchev–Trinajstić information content (AvgIpc) is 2.39. The molecule has 13 heavy (non-hydrogen) atoms. The summed E-state index contributed by atoms with van der Waals surface area (Å²) in [4.78, 5) is 4.01. The van der Waals surface area contributed by atoms with Gasteiger partial charge in [-0.1, -0.05) is 0 Å². The molecule has 68 valence electrons. The quantitative estimate of drug-likeness (QED) is 0.812. The van der Waals surface area contributed by atoms with E-state index in [9.17, 15) is 0 Å². The van der Waals surface area contributed by atoms with Crippen molar-refractivity contribution in [2.24, 2.45) is 5.73 Å². The van der Waals surface area contributed by atoms with E-state index in [-0.39, 0.29) is 6.04 Å². The summed E-state index contributed by atoms with van der Waals surface area (Å²) in [6.45, 7) is 1.95. The Bertz CT molecular complexity index is 435. The van der Waals surface area contributed by atoms with E-state index in [4.69, 9.17) is 5.73 Å². The van der Waals surface area contributed by atoms with Crippen LogP contribution >= 0.6 is 22.9 Å². The van der Waals surface area contributed by atoms with E-state index in [1.54, 1.807) is 15.3 Å². The van der Waals surface area contributed by atoms with Crippen LogP contribution in [0.1, 0.15) is 18.7 Å². The van der Waals surface area contributed by atoms with Crippen LogP contribution in [0.4, 0.5) is 0 Å². The third-order valence-electron chi connectivity index (χ3n) is 1.90. The first-order valence-electron chi connectivity index (χ1n) is 3.94. The predicted octanol–water partition coefficient (Wildman–Crippen LogP) is 1.65. The van der Waals surface area contributed by atoms with Gasteiger partial charge in [-0.15, -0.1) is 0 Å². The van der Waals surface area contributed by atoms with Gasteiger partial charge in [0, 0.05) is 17.6 Å². The molecule has 2 aromatic heterocycles. The summed E-state index contributed by atoms with van der Waals surface area (Å²) in [6.07, 6.45) is 3.50. The van der Waals surface area contributed by atoms with Gasteiger partial charge in [-0.2, -0.15) is 5.10 Å². The van der Waals surface area contributed by atoms with Gasteiger partial charge >= 0.3 is 0 Å². The molecule has 0 aliphatic rings. The Hall–Kier alpha value is -0.690. The lowest BCUT2D eigenvalue weighted by Crippen LogP contribution is -2.08. The highest BCUT2D eigenvalue weighted by molar-refractivity contribution is 14.1. The summed E-state index contributed by atoms with van der Waals surface area (Å²) in [7, 11) is 0. The maximum absolute atomic E-state index is 5.84. The third-order valence-corrected chi connectivity index (χ3v) is 2.64. The molecular formula is C8H9IN4. The number of hydrogen-bond acceptors (Lipinski definition) is 3. The summed E-state index contributed by atoms with van der Waals surface area (Å²) in [5, 5.41) is 5.38. The molecule has 2 heterocycles. The van der Waals surface area contributed by atoms with Crippen molar-refractivity contribution in [1.82, 2.24) is 13.0 Å². The maximum Gasteiger partial charge on any atom is 0.112 e. The van der Waals surface area contributed by atoms with Gasteiger partial charge in [-0.3, -0.25) is 4.98 Å². The fourth-order valence-corrected chi connectivity index (χ4v) is 2.28. The zero-order valence-corrected chi connectivity index (χ0v) is 9.26. The molecule has 0 bridgehead atoms. The van der Waals surface area contributed by atoms with Crippen LogP contribution in [-0.2, 0) is 0 Å². The summed E-state index contributed by atoms with van der Waals surface area (Å²) in [5.41, 5.74) is 7.77. The molecule has 4 nitrogen and oxygen atoms in total. The zero-order chi connectivity index (χ0) is 9.42. The molecule has 0 saturated carbocycles. The van der Waals surface area contributed by atoms with Gasteiger partial charge in [-0.25, -0.2) is 2.90 Å². The monoisotopic (exact) mass is 288 g/mol. The number of rotatable bonds is 1. The highest BCUT2D eigenvalue weighted by atomic mass is 127. The molecule has 2 N–H and O–H groups in total. The van der Waals surface area contributed by atoms with Crippen LogP contribution in [0.25, 0.3) is 10.9 Å². The Morgan fingerprint density at radius 2 is 2.38 bits per heavy atom. The predicted molar refractivity (Wildman–Crippen MR) is 59.5 cm³/mol. The van der Waals surface area contributed by atoms with Gasteiger partial charge in [0.25, 0.3) is 0 Å². The zero-order valence-electron chi connectivity index (χ0n) is 7.11. The second-order valence-corrected chi connectivity index (χ2v) is 3.84. The molecule has 0 spiro atoms. The van der Waals surface area contributed by atoms with Crippen LogP contribution in [0.3, 0.4) is 0 Å². The molecule has 0 aliphatic carbocycles. The SMILES string of the molecule is CC(N)c1c2ccncc2nn1I. The standard InChI is InChI=1S/C8H9IN4/c1-5(10)8-6-2-3-11-4-7(6)12-13(8)9/h2-5H,10H2,1H3. The number of aromatic nitrogens is 3. The second kappa shape index (κ2) is 3.22. The summed E-state index contributed by atoms with van der Waals surface area (Å²) in [5.74, 6) is 0. The average molecular weight is 288 g/mol. The molecule has 1 atom stereocenters. The van der Waals surface area contributed by atoms with Crippen molar-refractivity contribution in [3.63, 3.8) is 0 Å². The van der Waals surface area contributed by atoms with Crippen LogP contribution in [0, 0.1) is 0 Å². The van der Waals surface area contributed by atoms with E-state index >= 15 is 0 Å². The first kappa shape index (κ1) is 8.89. The van der Waals surface area contributed by atoms with E-state index in [0.29, 0.717) is 0 Å². The number of fused-ring (bicyclic) bond motifs is 1. The van der Waals surface area contributed by atoms with Crippen LogP contribution < -0.4 is 5.73 Å². The lowest BCUT2D eigenvalue weighted by atomic mass is 10.2. The lowest BCUT2D eigenvalue weighted by Gasteiger charge is -2.03. The Labute approximate surface area is 89.6 Å². The topological polar surface area (TPSA) is 56.7 Å². The van der Waals surface area contributed by atoms with Gasteiger partial charge in [0.1, 0.15) is 5.52 Å². The van der Waals surface area contributed by atoms with E-state index in [1.807, 2.05) is 13.0 Å². The Morgan fingerprint density at radius 1 is 1.62 bits per heavy atom. The van der Waals surface area contributed by atoms with Crippen molar-refractivity contribution in [2.45, 2.75) is 13.0 Å². The molecule has 0 fully saturated rings. The lowest BCUT2D eigenvalue weighted by molar-refractivity contribution is 0.771. The summed E-state index contributed by atoms with van der Waals surface area (Å²) < 4.78 is 1.79. The fourth-order valence-electron chi connectivity index (χ4n) is 1.34. The minimum absolute atomic E-state index is 0.00991. The van der Waals surface area contributed by atoms with Gasteiger partial charge in [0.2, 0.25) is 0 Å². The number of halogens is 1. The molecule has 0 amide bonds. The molecule has 0 aromatic carbocycles. The van der Waals surface area contributed by atoms with Gasteiger partial charge in [-0.05, 0) is 13.0 Å². The van der Waals surface area contributed by atoms with Gasteiger partial charge in [0.05, 0.1) is 34.8 Å². The third kappa shape index (κ3) is 1.42. The largest absolute Gasteiger partial charge is 0.323 e. The second-order valence-electron chi connectivity index (χ2n) is 2.93. The van der Waals surface area contributed by atoms with Crippen molar-refractivity contribution in [1.29, 1.82) is 0 Å². The van der Waals surface area contributed by atoms with Crippen molar-refractivity contribution < 1.29 is 0 Å². The Balaban J connectivity index is 2.78. The Kier molecular flexibility index (Phi) is 2.20. The minimum atomic E-state index is -0.00991. The number of nitrogens with two attached hydrogens (primary N) is 1. The first-order valence-corrected chi connectivity index (χ1v) is 4.91. The minimum Gasteiger partial charge on any atom is -0.323 e. The van der Waals surface area contributed by atoms with Gasteiger partial charge < -0.3 is 5.73 Å². The van der Waals surface area contributed by atoms with E-state index in [0.717, 1.165) is 16.6 Å². The van der Waals surface area contributed by atoms with Crippen LogP contribution in [0.2, 0.25) is 0 Å². The van der Waals surface area contributed by atoms with E-state index in [1.165, 1.54) is 0 Å². The highest BCUT2D eigenvalue weighted by Crippen LogP contribution is 2.23. The maximum atomic E-state index is 5.84. The van der Waals surface area contributed by atoms with E-state index in [2.05, 4.69) is 32.9 Å². The molecular weight excluding hydrogens is 279 g/mol.